The van der Waals surface area contributed by atoms with Crippen molar-refractivity contribution in [1.29, 1.82) is 0 Å². The Kier molecular flexibility index (Phi) is 7.46. The van der Waals surface area contributed by atoms with E-state index < -0.39 is 15.8 Å². The molecule has 0 bridgehead atoms. The molecular formula is C21H28N2O5S2. The number of aromatic nitrogens is 1. The molecular weight excluding hydrogens is 424 g/mol. The molecule has 9 heteroatoms. The summed E-state index contributed by atoms with van der Waals surface area (Å²) < 4.78 is 31.1. The maximum Gasteiger partial charge on any atom is 0.326 e. The van der Waals surface area contributed by atoms with Gasteiger partial charge in [-0.05, 0) is 37.5 Å². The minimum Gasteiger partial charge on any atom is -0.465 e. The zero-order valence-electron chi connectivity index (χ0n) is 17.4. The molecule has 0 unspecified atom stereocenters. The Morgan fingerprint density at radius 2 is 1.97 bits per heavy atom. The third-order valence-corrected chi connectivity index (χ3v) is 7.54. The van der Waals surface area contributed by atoms with Crippen molar-refractivity contribution in [3.8, 4) is 0 Å². The number of hydrogen-bond acceptors (Lipinski definition) is 6. The first-order valence-electron chi connectivity index (χ1n) is 10.3. The minimum atomic E-state index is -3.37. The van der Waals surface area contributed by atoms with Crippen molar-refractivity contribution in [1.82, 2.24) is 4.57 Å². The average molecular weight is 453 g/mol. The SMILES string of the molecule is CCOC(=O)Cn1c(=NC(=O)CCC2CCCCC2)sc2cc(S(C)(=O)=O)ccc21. The summed E-state index contributed by atoms with van der Waals surface area (Å²) >= 11 is 1.21. The summed E-state index contributed by atoms with van der Waals surface area (Å²) in [4.78, 5) is 29.5. The third-order valence-electron chi connectivity index (χ3n) is 5.39. The molecule has 2 aromatic rings. The predicted octanol–water partition coefficient (Wildman–Crippen LogP) is 3.46. The molecule has 7 nitrogen and oxygen atoms in total. The van der Waals surface area contributed by atoms with Crippen molar-refractivity contribution in [3.63, 3.8) is 0 Å². The number of esters is 1. The van der Waals surface area contributed by atoms with E-state index in [0.29, 0.717) is 27.4 Å². The highest BCUT2D eigenvalue weighted by atomic mass is 32.2. The first-order valence-corrected chi connectivity index (χ1v) is 13.1. The third kappa shape index (κ3) is 5.78. The van der Waals surface area contributed by atoms with Crippen LogP contribution < -0.4 is 4.80 Å². The van der Waals surface area contributed by atoms with E-state index in [0.717, 1.165) is 12.7 Å². The first-order chi connectivity index (χ1) is 14.3. The zero-order chi connectivity index (χ0) is 21.7. The van der Waals surface area contributed by atoms with Gasteiger partial charge in [-0.25, -0.2) is 8.42 Å². The van der Waals surface area contributed by atoms with Gasteiger partial charge < -0.3 is 9.30 Å². The molecule has 30 heavy (non-hydrogen) atoms. The van der Waals surface area contributed by atoms with Crippen LogP contribution in [0.25, 0.3) is 10.2 Å². The molecule has 1 amide bonds. The topological polar surface area (TPSA) is 94.8 Å². The molecule has 0 saturated heterocycles. The second kappa shape index (κ2) is 9.87. The maximum absolute atomic E-state index is 12.5. The van der Waals surface area contributed by atoms with Crippen LogP contribution in [0.4, 0.5) is 0 Å². The van der Waals surface area contributed by atoms with Gasteiger partial charge in [0.15, 0.2) is 14.6 Å². The number of hydrogen-bond donors (Lipinski definition) is 0. The number of benzene rings is 1. The summed E-state index contributed by atoms with van der Waals surface area (Å²) in [6.07, 6.45) is 8.45. The molecule has 0 atom stereocenters. The summed E-state index contributed by atoms with van der Waals surface area (Å²) in [5.74, 6) is -0.0575. The molecule has 1 aliphatic carbocycles. The molecule has 0 N–H and O–H groups in total. The lowest BCUT2D eigenvalue weighted by Crippen LogP contribution is -2.23. The Morgan fingerprint density at radius 1 is 1.23 bits per heavy atom. The number of rotatable bonds is 7. The first kappa shape index (κ1) is 22.7. The molecule has 1 saturated carbocycles. The number of carbonyl (C=O) groups is 2. The Morgan fingerprint density at radius 3 is 2.63 bits per heavy atom. The lowest BCUT2D eigenvalue weighted by molar-refractivity contribution is -0.143. The van der Waals surface area contributed by atoms with Gasteiger partial charge in [0.25, 0.3) is 0 Å². The summed E-state index contributed by atoms with van der Waals surface area (Å²) in [7, 11) is -3.37. The van der Waals surface area contributed by atoms with E-state index in [1.54, 1.807) is 23.6 Å². The maximum atomic E-state index is 12.5. The second-order valence-corrected chi connectivity index (χ2v) is 10.8. The van der Waals surface area contributed by atoms with Gasteiger partial charge in [0, 0.05) is 12.7 Å². The van der Waals surface area contributed by atoms with Gasteiger partial charge in [-0.2, -0.15) is 4.99 Å². The summed E-state index contributed by atoms with van der Waals surface area (Å²) in [5.41, 5.74) is 0.652. The monoisotopic (exact) mass is 452 g/mol. The van der Waals surface area contributed by atoms with Crippen LogP contribution in [0, 0.1) is 5.92 Å². The molecule has 0 radical (unpaired) electrons. The fourth-order valence-electron chi connectivity index (χ4n) is 3.82. The molecule has 1 aromatic heterocycles. The highest BCUT2D eigenvalue weighted by molar-refractivity contribution is 7.90. The van der Waals surface area contributed by atoms with E-state index in [2.05, 4.69) is 4.99 Å². The fourth-order valence-corrected chi connectivity index (χ4v) is 5.63. The lowest BCUT2D eigenvalue weighted by Gasteiger charge is -2.20. The fraction of sp³-hybridized carbons (Fsp3) is 0.571. The average Bonchev–Trinajstić information content (AvgIpc) is 3.03. The highest BCUT2D eigenvalue weighted by Gasteiger charge is 2.17. The van der Waals surface area contributed by atoms with Crippen LogP contribution in [0.2, 0.25) is 0 Å². The van der Waals surface area contributed by atoms with Gasteiger partial charge in [0.2, 0.25) is 5.91 Å². The van der Waals surface area contributed by atoms with Gasteiger partial charge in [-0.3, -0.25) is 9.59 Å². The Hall–Kier alpha value is -2.00. The van der Waals surface area contributed by atoms with Crippen LogP contribution in [-0.4, -0.2) is 37.7 Å². The second-order valence-electron chi connectivity index (χ2n) is 7.73. The van der Waals surface area contributed by atoms with Crippen LogP contribution in [0.1, 0.15) is 51.9 Å². The van der Waals surface area contributed by atoms with Crippen molar-refractivity contribution >= 4 is 43.3 Å². The van der Waals surface area contributed by atoms with Crippen molar-refractivity contribution in [2.24, 2.45) is 10.9 Å². The largest absolute Gasteiger partial charge is 0.465 e. The van der Waals surface area contributed by atoms with E-state index in [1.165, 1.54) is 49.5 Å². The summed E-state index contributed by atoms with van der Waals surface area (Å²) in [6.45, 7) is 1.90. The standard InChI is InChI=1S/C21H28N2O5S2/c1-3-28-20(25)14-23-17-11-10-16(30(2,26)27)13-18(17)29-21(23)22-19(24)12-9-15-7-5-4-6-8-15/h10-11,13,15H,3-9,12,14H2,1-2H3. The number of amides is 1. The Labute approximate surface area is 180 Å². The molecule has 0 spiro atoms. The van der Waals surface area contributed by atoms with Gasteiger partial charge in [-0.1, -0.05) is 43.4 Å². The van der Waals surface area contributed by atoms with Crippen LogP contribution >= 0.6 is 11.3 Å². The molecule has 164 valence electrons. The molecule has 1 aromatic carbocycles. The number of thiazole rings is 1. The summed E-state index contributed by atoms with van der Waals surface area (Å²) in [6, 6.07) is 4.70. The molecule has 3 rings (SSSR count). The van der Waals surface area contributed by atoms with Gasteiger partial charge in [0.05, 0.1) is 21.7 Å². The van der Waals surface area contributed by atoms with E-state index in [9.17, 15) is 18.0 Å². The molecule has 1 fully saturated rings. The summed E-state index contributed by atoms with van der Waals surface area (Å²) in [5, 5.41) is 0. The zero-order valence-corrected chi connectivity index (χ0v) is 19.1. The number of fused-ring (bicyclic) bond motifs is 1. The van der Waals surface area contributed by atoms with E-state index >= 15 is 0 Å². The Balaban J connectivity index is 1.92. The van der Waals surface area contributed by atoms with Gasteiger partial charge in [0.1, 0.15) is 6.54 Å². The van der Waals surface area contributed by atoms with Gasteiger partial charge >= 0.3 is 5.97 Å². The quantitative estimate of drug-likeness (QED) is 0.600. The number of sulfone groups is 1. The highest BCUT2D eigenvalue weighted by Crippen LogP contribution is 2.27. The van der Waals surface area contributed by atoms with E-state index in [-0.39, 0.29) is 24.0 Å². The van der Waals surface area contributed by atoms with Crippen molar-refractivity contribution in [2.75, 3.05) is 12.9 Å². The normalized spacial score (nSPS) is 16.1. The van der Waals surface area contributed by atoms with Crippen LogP contribution in [-0.2, 0) is 30.7 Å². The van der Waals surface area contributed by atoms with E-state index in [1.807, 2.05) is 0 Å². The molecule has 0 aliphatic heterocycles. The number of ether oxygens (including phenoxy) is 1. The van der Waals surface area contributed by atoms with Crippen molar-refractivity contribution in [3.05, 3.63) is 23.0 Å². The lowest BCUT2D eigenvalue weighted by atomic mass is 9.86. The molecule has 1 heterocycles. The van der Waals surface area contributed by atoms with Gasteiger partial charge in [-0.15, -0.1) is 0 Å². The van der Waals surface area contributed by atoms with Crippen LogP contribution in [0.15, 0.2) is 28.1 Å². The molecule has 1 aliphatic rings. The van der Waals surface area contributed by atoms with Crippen LogP contribution in [0.3, 0.4) is 0 Å². The smallest absolute Gasteiger partial charge is 0.326 e. The van der Waals surface area contributed by atoms with Crippen LogP contribution in [0.5, 0.6) is 0 Å². The van der Waals surface area contributed by atoms with Crippen molar-refractivity contribution in [2.45, 2.75) is 63.3 Å². The number of nitrogens with zero attached hydrogens (tertiary/aromatic N) is 2. The number of carbonyl (C=O) groups excluding carboxylic acids is 2. The minimum absolute atomic E-state index is 0.0825. The van der Waals surface area contributed by atoms with E-state index in [4.69, 9.17) is 4.74 Å². The Bertz CT molecular complexity index is 1090. The van der Waals surface area contributed by atoms with Crippen molar-refractivity contribution < 1.29 is 22.7 Å². The predicted molar refractivity (Wildman–Crippen MR) is 116 cm³/mol.